The quantitative estimate of drug-likeness (QED) is 0.340. The Bertz CT molecular complexity index is 123. The maximum atomic E-state index is 10.4. The number of carbonyl (C=O) groups excluding carboxylic acids is 1. The molecule has 0 saturated heterocycles. The van der Waals surface area contributed by atoms with E-state index in [-0.39, 0.29) is 12.7 Å². The van der Waals surface area contributed by atoms with Crippen molar-refractivity contribution in [2.75, 3.05) is 13.3 Å². The van der Waals surface area contributed by atoms with Crippen LogP contribution in [0.1, 0.15) is 13.8 Å². The third kappa shape index (κ3) is 12.4. The number of hydrogen-bond acceptors (Lipinski definition) is 4. The number of hydrogen-bond donors (Lipinski definition) is 2. The second kappa shape index (κ2) is 9.13. The van der Waals surface area contributed by atoms with Gasteiger partial charge in [0.05, 0.1) is 13.3 Å². The van der Waals surface area contributed by atoms with Crippen LogP contribution >= 0.6 is 0 Å². The molecule has 0 aliphatic carbocycles. The summed E-state index contributed by atoms with van der Waals surface area (Å²) in [5.74, 6) is -0.312. The predicted octanol–water partition coefficient (Wildman–Crippen LogP) is 0.0205. The van der Waals surface area contributed by atoms with Gasteiger partial charge in [-0.15, -0.1) is 0 Å². The summed E-state index contributed by atoms with van der Waals surface area (Å²) in [6, 6.07) is 0. The molecular formula is C7H15NO3. The van der Waals surface area contributed by atoms with Crippen LogP contribution < -0.4 is 5.73 Å². The number of aliphatic hydroxyl groups is 1. The molecule has 11 heavy (non-hydrogen) atoms. The van der Waals surface area contributed by atoms with Gasteiger partial charge >= 0.3 is 5.97 Å². The van der Waals surface area contributed by atoms with Gasteiger partial charge in [0.15, 0.2) is 0 Å². The van der Waals surface area contributed by atoms with Gasteiger partial charge in [-0.2, -0.15) is 0 Å². The van der Waals surface area contributed by atoms with Crippen molar-refractivity contribution >= 4 is 5.97 Å². The summed E-state index contributed by atoms with van der Waals surface area (Å²) in [7, 11) is 0. The van der Waals surface area contributed by atoms with Gasteiger partial charge < -0.3 is 15.6 Å². The summed E-state index contributed by atoms with van der Waals surface area (Å²) in [5.41, 5.74) is 4.85. The first-order valence-corrected chi connectivity index (χ1v) is 3.23. The monoisotopic (exact) mass is 161 g/mol. The highest BCUT2D eigenvalue weighted by atomic mass is 16.5. The normalized spacial score (nSPS) is 7.64. The van der Waals surface area contributed by atoms with Gasteiger partial charge in [-0.3, -0.25) is 0 Å². The molecule has 4 heteroatoms. The molecule has 4 nitrogen and oxygen atoms in total. The van der Waals surface area contributed by atoms with E-state index in [1.165, 1.54) is 0 Å². The Labute approximate surface area is 66.7 Å². The Morgan fingerprint density at radius 2 is 2.09 bits per heavy atom. The highest BCUT2D eigenvalue weighted by Crippen LogP contribution is 1.89. The van der Waals surface area contributed by atoms with Crippen molar-refractivity contribution in [3.05, 3.63) is 12.2 Å². The lowest BCUT2D eigenvalue weighted by atomic mass is 10.4. The van der Waals surface area contributed by atoms with Crippen molar-refractivity contribution in [1.29, 1.82) is 0 Å². The lowest BCUT2D eigenvalue weighted by Crippen LogP contribution is -2.03. The summed E-state index contributed by atoms with van der Waals surface area (Å²) in [5, 5.41) is 7.35. The van der Waals surface area contributed by atoms with Crippen LogP contribution in [0.15, 0.2) is 12.2 Å². The molecule has 0 unspecified atom stereocenters. The number of ether oxygens (including phenoxy) is 1. The first-order valence-electron chi connectivity index (χ1n) is 3.23. The molecule has 0 atom stereocenters. The standard InChI is InChI=1S/C6H10O2.CH5NO/c1-4-8-6(7)5(2)3;2-1-3/h2,4H2,1,3H3;3H,1-2H2. The second-order valence-electron chi connectivity index (χ2n) is 1.68. The van der Waals surface area contributed by atoms with Crippen LogP contribution in [0.25, 0.3) is 0 Å². The lowest BCUT2D eigenvalue weighted by molar-refractivity contribution is -0.138. The van der Waals surface area contributed by atoms with Gasteiger partial charge in [0.2, 0.25) is 0 Å². The minimum atomic E-state index is -0.312. The van der Waals surface area contributed by atoms with Gasteiger partial charge in [-0.1, -0.05) is 6.58 Å². The smallest absolute Gasteiger partial charge is 0.333 e. The number of carbonyl (C=O) groups is 1. The molecule has 0 aliphatic rings. The van der Waals surface area contributed by atoms with E-state index in [9.17, 15) is 4.79 Å². The fraction of sp³-hybridized carbons (Fsp3) is 0.571. The van der Waals surface area contributed by atoms with Crippen LogP contribution in [-0.2, 0) is 9.53 Å². The van der Waals surface area contributed by atoms with E-state index in [0.29, 0.717) is 12.2 Å². The summed E-state index contributed by atoms with van der Waals surface area (Å²) in [4.78, 5) is 10.4. The Morgan fingerprint density at radius 3 is 2.18 bits per heavy atom. The predicted molar refractivity (Wildman–Crippen MR) is 42.7 cm³/mol. The molecule has 0 aromatic carbocycles. The third-order valence-corrected chi connectivity index (χ3v) is 0.624. The Balaban J connectivity index is 0. The molecule has 0 aliphatic heterocycles. The highest BCUT2D eigenvalue weighted by Gasteiger charge is 1.98. The molecule has 0 bridgehead atoms. The molecule has 3 N–H and O–H groups in total. The molecule has 0 aromatic heterocycles. The number of rotatable bonds is 2. The molecule has 0 aromatic rings. The Hall–Kier alpha value is -0.870. The van der Waals surface area contributed by atoms with Crippen LogP contribution in [0.2, 0.25) is 0 Å². The van der Waals surface area contributed by atoms with Gasteiger partial charge in [-0.05, 0) is 13.8 Å². The maximum Gasteiger partial charge on any atom is 0.333 e. The van der Waals surface area contributed by atoms with Gasteiger partial charge in [0, 0.05) is 5.57 Å². The minimum Gasteiger partial charge on any atom is -0.463 e. The van der Waals surface area contributed by atoms with Crippen LogP contribution in [-0.4, -0.2) is 24.4 Å². The van der Waals surface area contributed by atoms with Crippen LogP contribution in [0.4, 0.5) is 0 Å². The average molecular weight is 161 g/mol. The van der Waals surface area contributed by atoms with Gasteiger partial charge in [-0.25, -0.2) is 4.79 Å². The zero-order valence-corrected chi connectivity index (χ0v) is 6.96. The summed E-state index contributed by atoms with van der Waals surface area (Å²) in [6.07, 6.45) is 0. The van der Waals surface area contributed by atoms with E-state index in [0.717, 1.165) is 0 Å². The number of aliphatic hydroxyl groups excluding tert-OH is 1. The first-order chi connectivity index (χ1) is 5.09. The van der Waals surface area contributed by atoms with E-state index >= 15 is 0 Å². The van der Waals surface area contributed by atoms with Gasteiger partial charge in [0.1, 0.15) is 0 Å². The molecule has 66 valence electrons. The summed E-state index contributed by atoms with van der Waals surface area (Å²) in [6.45, 7) is 6.96. The molecule has 0 saturated carbocycles. The van der Waals surface area contributed by atoms with E-state index < -0.39 is 0 Å². The van der Waals surface area contributed by atoms with E-state index in [2.05, 4.69) is 17.0 Å². The van der Waals surface area contributed by atoms with E-state index in [1.54, 1.807) is 13.8 Å². The van der Waals surface area contributed by atoms with Crippen molar-refractivity contribution in [3.8, 4) is 0 Å². The van der Waals surface area contributed by atoms with Gasteiger partial charge in [0.25, 0.3) is 0 Å². The maximum absolute atomic E-state index is 10.4. The molecular weight excluding hydrogens is 146 g/mol. The Kier molecular flexibility index (Phi) is 10.6. The molecule has 0 amide bonds. The molecule has 0 spiro atoms. The zero-order chi connectivity index (χ0) is 9.28. The largest absolute Gasteiger partial charge is 0.463 e. The molecule has 0 heterocycles. The van der Waals surface area contributed by atoms with Crippen LogP contribution in [0, 0.1) is 0 Å². The third-order valence-electron chi connectivity index (χ3n) is 0.624. The van der Waals surface area contributed by atoms with E-state index in [1.807, 2.05) is 0 Å². The van der Waals surface area contributed by atoms with Crippen molar-refractivity contribution in [3.63, 3.8) is 0 Å². The highest BCUT2D eigenvalue weighted by molar-refractivity contribution is 5.86. The minimum absolute atomic E-state index is 0.250. The number of esters is 1. The number of nitrogens with two attached hydrogens (primary N) is 1. The van der Waals surface area contributed by atoms with Crippen molar-refractivity contribution in [1.82, 2.24) is 0 Å². The molecule has 0 rings (SSSR count). The second-order valence-corrected chi connectivity index (χ2v) is 1.68. The zero-order valence-electron chi connectivity index (χ0n) is 6.96. The molecule has 0 fully saturated rings. The fourth-order valence-corrected chi connectivity index (χ4v) is 0.254. The van der Waals surface area contributed by atoms with Crippen molar-refractivity contribution in [2.24, 2.45) is 5.73 Å². The topological polar surface area (TPSA) is 72.5 Å². The lowest BCUT2D eigenvalue weighted by Gasteiger charge is -1.96. The van der Waals surface area contributed by atoms with E-state index in [4.69, 9.17) is 5.11 Å². The van der Waals surface area contributed by atoms with Crippen LogP contribution in [0.3, 0.4) is 0 Å². The van der Waals surface area contributed by atoms with Crippen molar-refractivity contribution in [2.45, 2.75) is 13.8 Å². The SMILES string of the molecule is C=C(C)C(=O)OCC.NCO. The van der Waals surface area contributed by atoms with Crippen LogP contribution in [0.5, 0.6) is 0 Å². The van der Waals surface area contributed by atoms with Crippen molar-refractivity contribution < 1.29 is 14.6 Å². The fourth-order valence-electron chi connectivity index (χ4n) is 0.254. The molecule has 0 radical (unpaired) electrons. The Morgan fingerprint density at radius 1 is 1.73 bits per heavy atom. The summed E-state index contributed by atoms with van der Waals surface area (Å²) >= 11 is 0. The average Bonchev–Trinajstić information content (AvgIpc) is 1.90. The summed E-state index contributed by atoms with van der Waals surface area (Å²) < 4.78 is 4.56. The first kappa shape index (κ1) is 12.8.